The number of rotatable bonds is 9. The van der Waals surface area contributed by atoms with E-state index < -0.39 is 12.0 Å². The van der Waals surface area contributed by atoms with Gasteiger partial charge in [-0.3, -0.25) is 4.57 Å². The molecule has 0 bridgehead atoms. The smallest absolute Gasteiger partial charge is 0.452 e. The molecule has 31 heavy (non-hydrogen) atoms. The Kier molecular flexibility index (Phi) is 17.1. The van der Waals surface area contributed by atoms with Gasteiger partial charge in [0.1, 0.15) is 0 Å². The fourth-order valence-corrected chi connectivity index (χ4v) is 1.88. The molecule has 0 spiro atoms. The quantitative estimate of drug-likeness (QED) is 0.250. The van der Waals surface area contributed by atoms with E-state index in [2.05, 4.69) is 23.4 Å². The molecule has 8 heteroatoms. The second kappa shape index (κ2) is 17.7. The molecule has 0 fully saturated rings. The van der Waals surface area contributed by atoms with E-state index in [1.807, 2.05) is 26.8 Å². The monoisotopic (exact) mass is 438 g/mol. The Hall–Kier alpha value is -3.16. The maximum atomic E-state index is 13.0. The molecule has 1 N–H and O–H groups in total. The van der Waals surface area contributed by atoms with Crippen LogP contribution in [0.4, 0.5) is 13.2 Å². The molecule has 0 saturated heterocycles. The maximum absolute atomic E-state index is 13.0. The number of hydrogen-bond donors (Lipinski definition) is 1. The number of nitrogens with zero attached hydrogens (tertiary/aromatic N) is 3. The number of alkyl halides is 3. The largest absolute Gasteiger partial charge is 0.470 e. The summed E-state index contributed by atoms with van der Waals surface area (Å²) in [5, 5.41) is 13.0. The minimum atomic E-state index is -4.59. The first kappa shape index (κ1) is 30.0. The Morgan fingerprint density at radius 2 is 1.81 bits per heavy atom. The van der Waals surface area contributed by atoms with Gasteiger partial charge in [0, 0.05) is 12.4 Å². The fraction of sp³-hybridized carbons (Fsp3) is 0.348. The first-order valence-corrected chi connectivity index (χ1v) is 9.76. The molecule has 0 saturated carbocycles. The molecule has 0 radical (unpaired) electrons. The van der Waals surface area contributed by atoms with Crippen LogP contribution in [0.2, 0.25) is 0 Å². The summed E-state index contributed by atoms with van der Waals surface area (Å²) >= 11 is 0. The number of allylic oxidation sites excluding steroid dienone is 7. The minimum absolute atomic E-state index is 0.108. The van der Waals surface area contributed by atoms with Crippen molar-refractivity contribution < 1.29 is 17.9 Å². The molecule has 0 aliphatic heterocycles. The lowest BCUT2D eigenvalue weighted by molar-refractivity contribution is -0.146. The molecule has 1 aromatic heterocycles. The second-order valence-electron chi connectivity index (χ2n) is 5.53. The summed E-state index contributed by atoms with van der Waals surface area (Å²) < 4.78 is 45.4. The summed E-state index contributed by atoms with van der Waals surface area (Å²) in [6, 6.07) is 0. The van der Waals surface area contributed by atoms with Crippen LogP contribution in [-0.4, -0.2) is 21.0 Å². The van der Waals surface area contributed by atoms with Crippen LogP contribution < -0.4 is 0 Å². The van der Waals surface area contributed by atoms with E-state index >= 15 is 0 Å². The standard InChI is InChI=1S/C18H22F3N3O.C3H5N.C2H6/c1-5-8-16-22-23-17(18(19,20)21)24(16)12-11-15(7-3)10-9-14(4)25-13-6-2;1-2-3-4;1-2/h5-9,11-13,15H,3,10H2,1-2,4H3;2-4H,1H2;1-2H3/b8-5-,12-11+,13-6+,14-9+;;. The zero-order chi connectivity index (χ0) is 24.3. The van der Waals surface area contributed by atoms with Crippen LogP contribution in [0.15, 0.2) is 61.6 Å². The summed E-state index contributed by atoms with van der Waals surface area (Å²) in [7, 11) is 0. The molecular formula is C23H33F3N4O. The van der Waals surface area contributed by atoms with Gasteiger partial charge in [0.25, 0.3) is 0 Å². The summed E-state index contributed by atoms with van der Waals surface area (Å²) in [6.45, 7) is 16.3. The summed E-state index contributed by atoms with van der Waals surface area (Å²) in [4.78, 5) is 0. The van der Waals surface area contributed by atoms with Crippen molar-refractivity contribution in [1.82, 2.24) is 14.8 Å². The van der Waals surface area contributed by atoms with Crippen LogP contribution in [-0.2, 0) is 10.9 Å². The molecule has 5 nitrogen and oxygen atoms in total. The number of nitrogens with one attached hydrogen (secondary N) is 1. The molecular weight excluding hydrogens is 405 g/mol. The van der Waals surface area contributed by atoms with E-state index in [9.17, 15) is 13.2 Å². The van der Waals surface area contributed by atoms with Crippen molar-refractivity contribution in [2.45, 2.75) is 47.2 Å². The average molecular weight is 439 g/mol. The highest BCUT2D eigenvalue weighted by atomic mass is 19.4. The third-order valence-electron chi connectivity index (χ3n) is 3.26. The summed E-state index contributed by atoms with van der Waals surface area (Å²) in [6.07, 6.45) is 11.3. The Morgan fingerprint density at radius 3 is 2.26 bits per heavy atom. The number of hydrogen-bond acceptors (Lipinski definition) is 4. The van der Waals surface area contributed by atoms with E-state index in [-0.39, 0.29) is 11.7 Å². The Bertz CT molecular complexity index is 766. The van der Waals surface area contributed by atoms with Crippen LogP contribution >= 0.6 is 0 Å². The maximum Gasteiger partial charge on any atom is 0.452 e. The van der Waals surface area contributed by atoms with Gasteiger partial charge in [-0.05, 0) is 45.3 Å². The highest BCUT2D eigenvalue weighted by molar-refractivity contribution is 5.66. The topological polar surface area (TPSA) is 63.8 Å². The van der Waals surface area contributed by atoms with Gasteiger partial charge in [-0.1, -0.05) is 50.8 Å². The molecule has 0 aliphatic carbocycles. The van der Waals surface area contributed by atoms with Crippen molar-refractivity contribution in [1.29, 1.82) is 5.41 Å². The van der Waals surface area contributed by atoms with E-state index in [0.717, 1.165) is 10.8 Å². The SMILES string of the molecule is C=CC(/C=C/n1c(/C=C\C)nnc1C(F)(F)F)C/C=C(\C)O/C=C/C.C=CC=N.CC. The van der Waals surface area contributed by atoms with Crippen LogP contribution in [0.1, 0.15) is 52.7 Å². The number of aromatic nitrogens is 3. The first-order chi connectivity index (χ1) is 14.7. The molecule has 172 valence electrons. The van der Waals surface area contributed by atoms with Crippen LogP contribution in [0, 0.1) is 11.3 Å². The lowest BCUT2D eigenvalue weighted by Crippen LogP contribution is -2.12. The van der Waals surface area contributed by atoms with Crippen molar-refractivity contribution in [3.63, 3.8) is 0 Å². The Balaban J connectivity index is 0. The molecule has 0 aromatic carbocycles. The molecule has 0 aliphatic rings. The fourth-order valence-electron chi connectivity index (χ4n) is 1.88. The van der Waals surface area contributed by atoms with Crippen molar-refractivity contribution >= 4 is 18.5 Å². The molecule has 1 unspecified atom stereocenters. The van der Waals surface area contributed by atoms with Gasteiger partial charge in [-0.25, -0.2) is 0 Å². The summed E-state index contributed by atoms with van der Waals surface area (Å²) in [5.41, 5.74) is 0. The second-order valence-corrected chi connectivity index (χ2v) is 5.53. The predicted octanol–water partition coefficient (Wildman–Crippen LogP) is 7.30. The van der Waals surface area contributed by atoms with Crippen molar-refractivity contribution in [2.24, 2.45) is 5.92 Å². The van der Waals surface area contributed by atoms with Crippen molar-refractivity contribution in [3.8, 4) is 0 Å². The third-order valence-corrected chi connectivity index (χ3v) is 3.26. The van der Waals surface area contributed by atoms with Crippen molar-refractivity contribution in [3.05, 3.63) is 73.3 Å². The van der Waals surface area contributed by atoms with Gasteiger partial charge in [-0.2, -0.15) is 13.2 Å². The van der Waals surface area contributed by atoms with Gasteiger partial charge < -0.3 is 10.1 Å². The molecule has 1 aromatic rings. The zero-order valence-corrected chi connectivity index (χ0v) is 18.9. The van der Waals surface area contributed by atoms with E-state index in [0.29, 0.717) is 12.2 Å². The van der Waals surface area contributed by atoms with Gasteiger partial charge in [-0.15, -0.1) is 16.8 Å². The van der Waals surface area contributed by atoms with E-state index in [1.54, 1.807) is 44.4 Å². The molecule has 1 rings (SSSR count). The normalized spacial score (nSPS) is 12.7. The van der Waals surface area contributed by atoms with Crippen molar-refractivity contribution in [2.75, 3.05) is 0 Å². The third kappa shape index (κ3) is 12.9. The minimum Gasteiger partial charge on any atom is -0.470 e. The lowest BCUT2D eigenvalue weighted by Gasteiger charge is -2.09. The van der Waals surface area contributed by atoms with Crippen LogP contribution in [0.25, 0.3) is 12.3 Å². The zero-order valence-electron chi connectivity index (χ0n) is 18.9. The molecule has 0 amide bonds. The van der Waals surface area contributed by atoms with Gasteiger partial charge in [0.2, 0.25) is 5.82 Å². The Morgan fingerprint density at radius 1 is 1.19 bits per heavy atom. The van der Waals surface area contributed by atoms with Crippen LogP contribution in [0.3, 0.4) is 0 Å². The lowest BCUT2D eigenvalue weighted by atomic mass is 10.1. The van der Waals surface area contributed by atoms with Crippen LogP contribution in [0.5, 0.6) is 0 Å². The predicted molar refractivity (Wildman–Crippen MR) is 123 cm³/mol. The number of halogens is 3. The highest BCUT2D eigenvalue weighted by Gasteiger charge is 2.37. The average Bonchev–Trinajstić information content (AvgIpc) is 3.17. The summed E-state index contributed by atoms with van der Waals surface area (Å²) in [5.74, 6) is -0.417. The first-order valence-electron chi connectivity index (χ1n) is 9.76. The Labute approximate surface area is 183 Å². The van der Waals surface area contributed by atoms with Gasteiger partial charge in [0.15, 0.2) is 5.82 Å². The van der Waals surface area contributed by atoms with Gasteiger partial charge >= 0.3 is 6.18 Å². The number of ether oxygens (including phenoxy) is 1. The van der Waals surface area contributed by atoms with E-state index in [1.165, 1.54) is 18.4 Å². The molecule has 1 atom stereocenters. The van der Waals surface area contributed by atoms with Gasteiger partial charge in [0.05, 0.1) is 12.0 Å². The van der Waals surface area contributed by atoms with E-state index in [4.69, 9.17) is 10.1 Å². The molecule has 1 heterocycles. The highest BCUT2D eigenvalue weighted by Crippen LogP contribution is 2.28.